The fraction of sp³-hybridized carbons (Fsp3) is 0.547. The fourth-order valence-electron chi connectivity index (χ4n) is 6.76. The largest absolute Gasteiger partial charge is 0.454 e. The van der Waals surface area contributed by atoms with E-state index in [1.54, 1.807) is 34.6 Å². The zero-order chi connectivity index (χ0) is 52.0. The highest BCUT2D eigenvalue weighted by Crippen LogP contribution is 2.38. The first kappa shape index (κ1) is 69.2. The smallest absolute Gasteiger partial charge is 0.231 e. The lowest BCUT2D eigenvalue weighted by Crippen LogP contribution is -2.14. The second-order valence-corrected chi connectivity index (χ2v) is 17.4. The Bertz CT molecular complexity index is 1650. The average molecular weight is 923 g/mol. The van der Waals surface area contributed by atoms with Crippen molar-refractivity contribution in [3.05, 3.63) is 162 Å². The molecule has 4 aromatic carbocycles. The van der Waals surface area contributed by atoms with Gasteiger partial charge < -0.3 is 9.47 Å². The van der Waals surface area contributed by atoms with E-state index in [2.05, 4.69) is 161 Å². The summed E-state index contributed by atoms with van der Waals surface area (Å²) >= 11 is 0. The molecular weight excluding hydrogens is 815 g/mol. The van der Waals surface area contributed by atoms with E-state index in [0.717, 1.165) is 47.0 Å². The molecule has 0 amide bonds. The van der Waals surface area contributed by atoms with Crippen molar-refractivity contribution in [2.45, 2.75) is 202 Å². The number of aryl methyl sites for hydroxylation is 2. The molecule has 380 valence electrons. The van der Waals surface area contributed by atoms with Crippen molar-refractivity contribution in [1.29, 1.82) is 0 Å². The van der Waals surface area contributed by atoms with Gasteiger partial charge in [-0.1, -0.05) is 249 Å². The van der Waals surface area contributed by atoms with Crippen molar-refractivity contribution in [3.8, 4) is 11.5 Å². The minimum Gasteiger partial charge on any atom is -0.454 e. The number of rotatable bonds is 3. The van der Waals surface area contributed by atoms with E-state index in [0.29, 0.717) is 12.7 Å². The molecule has 5 aromatic rings. The van der Waals surface area contributed by atoms with Crippen LogP contribution in [0, 0.1) is 23.7 Å². The van der Waals surface area contributed by atoms with Gasteiger partial charge in [-0.05, 0) is 126 Å². The zero-order valence-electron chi connectivity index (χ0n) is 47.7. The zero-order valence-corrected chi connectivity index (χ0v) is 47.7. The highest BCUT2D eigenvalue weighted by atomic mass is 16.7. The van der Waals surface area contributed by atoms with Crippen LogP contribution in [0.15, 0.2) is 134 Å². The minimum atomic E-state index is 0.360. The Labute approximate surface area is 418 Å². The highest BCUT2D eigenvalue weighted by molar-refractivity contribution is 5.41. The second kappa shape index (κ2) is 48.1. The Morgan fingerprint density at radius 3 is 1.09 bits per heavy atom. The summed E-state index contributed by atoms with van der Waals surface area (Å²) in [5.41, 5.74) is 7.80. The van der Waals surface area contributed by atoms with Gasteiger partial charge in [0.25, 0.3) is 0 Å². The van der Waals surface area contributed by atoms with Crippen LogP contribution < -0.4 is 9.47 Å². The monoisotopic (exact) mass is 922 g/mol. The molecule has 0 spiro atoms. The molecule has 0 saturated heterocycles. The second-order valence-electron chi connectivity index (χ2n) is 17.4. The summed E-state index contributed by atoms with van der Waals surface area (Å²) < 4.78 is 10.2. The minimum absolute atomic E-state index is 0.360. The van der Waals surface area contributed by atoms with E-state index in [1.165, 1.54) is 37.7 Å². The van der Waals surface area contributed by atoms with Crippen LogP contribution in [0.4, 0.5) is 0 Å². The number of ether oxygens (including phenoxy) is 2. The van der Waals surface area contributed by atoms with Gasteiger partial charge in [0.2, 0.25) is 6.79 Å². The van der Waals surface area contributed by atoms with Crippen LogP contribution in [0.3, 0.4) is 0 Å². The molecular formula is C64H107NO2. The Morgan fingerprint density at radius 2 is 0.746 bits per heavy atom. The van der Waals surface area contributed by atoms with Crippen LogP contribution in [-0.4, -0.2) is 11.8 Å². The molecule has 0 fully saturated rings. The standard InChI is InChI=1S/C13H18.C12H16.C9H12.C7H6O2.C5H5N.2C4H10.5C2H6/c1-10(2)12-9-5-7-11-6-3-4-8-13(11)12;1-9(2)11-8-7-10-5-3-4-6-12(10)11;1-8(2)9-6-4-3-5-7-9;1-2-4-7-6(3-1)8-5-9-7;1-2-4-6-5-3-1;2*1-4(2)3;5*1-2/h3-4,6,8,10,12H,5,7,9H2,1-2H3;3-6,9,11H,7-8H2,1-2H3;3-8H,1-2H3;1-4H,5H2;1-5H;2*4H,1-3H3;5*1-2H3. The molecule has 67 heavy (non-hydrogen) atoms. The van der Waals surface area contributed by atoms with E-state index in [4.69, 9.17) is 9.47 Å². The third kappa shape index (κ3) is 34.6. The number of hydrogen-bond donors (Lipinski definition) is 0. The number of benzene rings is 4. The molecule has 2 unspecified atom stereocenters. The van der Waals surface area contributed by atoms with Crippen molar-refractivity contribution < 1.29 is 9.47 Å². The SMILES string of the molecule is CC.CC.CC.CC.CC.CC(C)C.CC(C)C.CC(C)C1CCCc2ccccc21.CC(C)C1CCc2ccccc21.CC(C)c1ccccc1.c1ccc2c(c1)OCO2.c1ccncc1. The normalized spacial score (nSPS) is 13.5. The van der Waals surface area contributed by atoms with Gasteiger partial charge in [0.15, 0.2) is 11.5 Å². The summed E-state index contributed by atoms with van der Waals surface area (Å²) in [6.45, 7) is 47.1. The van der Waals surface area contributed by atoms with Crippen LogP contribution in [0.1, 0.15) is 217 Å². The lowest BCUT2D eigenvalue weighted by Gasteiger charge is -2.28. The van der Waals surface area contributed by atoms with Gasteiger partial charge in [-0.3, -0.25) is 4.98 Å². The summed E-state index contributed by atoms with van der Waals surface area (Å²) in [6.07, 6.45) is 10.2. The van der Waals surface area contributed by atoms with Gasteiger partial charge in [-0.2, -0.15) is 0 Å². The van der Waals surface area contributed by atoms with E-state index in [9.17, 15) is 0 Å². The fourth-order valence-corrected chi connectivity index (χ4v) is 6.76. The van der Waals surface area contributed by atoms with E-state index >= 15 is 0 Å². The van der Waals surface area contributed by atoms with Gasteiger partial charge in [0, 0.05) is 12.4 Å². The van der Waals surface area contributed by atoms with Crippen LogP contribution in [0.5, 0.6) is 11.5 Å². The molecule has 1 aliphatic heterocycles. The molecule has 0 saturated carbocycles. The summed E-state index contributed by atoms with van der Waals surface area (Å²) in [4.78, 5) is 3.78. The molecule has 0 bridgehead atoms. The lowest BCUT2D eigenvalue weighted by molar-refractivity contribution is 0.174. The number of nitrogens with zero attached hydrogens (tertiary/aromatic N) is 1. The molecule has 8 rings (SSSR count). The molecule has 2 aliphatic carbocycles. The maximum Gasteiger partial charge on any atom is 0.231 e. The number of fused-ring (bicyclic) bond motifs is 3. The van der Waals surface area contributed by atoms with Crippen LogP contribution in [-0.2, 0) is 12.8 Å². The summed E-state index contributed by atoms with van der Waals surface area (Å²) in [6, 6.07) is 41.7. The van der Waals surface area contributed by atoms with Crippen LogP contribution in [0.25, 0.3) is 0 Å². The third-order valence-corrected chi connectivity index (χ3v) is 9.52. The molecule has 3 heteroatoms. The molecule has 2 atom stereocenters. The Kier molecular flexibility index (Phi) is 49.7. The molecule has 0 N–H and O–H groups in total. The third-order valence-electron chi connectivity index (χ3n) is 9.52. The predicted octanol–water partition coefficient (Wildman–Crippen LogP) is 20.9. The quantitative estimate of drug-likeness (QED) is 0.181. The van der Waals surface area contributed by atoms with Gasteiger partial charge in [0.05, 0.1) is 0 Å². The maximum absolute atomic E-state index is 5.08. The Balaban J connectivity index is -0.000000345. The average Bonchev–Trinajstić information content (AvgIpc) is 4.04. The number of pyridine rings is 1. The van der Waals surface area contributed by atoms with Gasteiger partial charge in [-0.15, -0.1) is 0 Å². The van der Waals surface area contributed by atoms with Crippen molar-refractivity contribution >= 4 is 0 Å². The van der Waals surface area contributed by atoms with Crippen molar-refractivity contribution in [1.82, 2.24) is 4.98 Å². The first-order valence-electron chi connectivity index (χ1n) is 26.7. The van der Waals surface area contributed by atoms with Gasteiger partial charge in [-0.25, -0.2) is 0 Å². The Morgan fingerprint density at radius 1 is 0.403 bits per heavy atom. The topological polar surface area (TPSA) is 31.4 Å². The first-order valence-corrected chi connectivity index (χ1v) is 26.7. The van der Waals surface area contributed by atoms with Gasteiger partial charge >= 0.3 is 0 Å². The lowest BCUT2D eigenvalue weighted by atomic mass is 9.77. The predicted molar refractivity (Wildman–Crippen MR) is 304 cm³/mol. The van der Waals surface area contributed by atoms with Gasteiger partial charge in [0.1, 0.15) is 0 Å². The van der Waals surface area contributed by atoms with Crippen molar-refractivity contribution in [2.24, 2.45) is 23.7 Å². The molecule has 1 aromatic heterocycles. The molecule has 3 aliphatic rings. The number of aromatic nitrogens is 1. The molecule has 2 heterocycles. The van der Waals surface area contributed by atoms with Crippen molar-refractivity contribution in [3.63, 3.8) is 0 Å². The van der Waals surface area contributed by atoms with E-state index in [1.807, 2.05) is 118 Å². The highest BCUT2D eigenvalue weighted by Gasteiger charge is 2.24. The molecule has 0 radical (unpaired) electrons. The van der Waals surface area contributed by atoms with Crippen LogP contribution >= 0.6 is 0 Å². The van der Waals surface area contributed by atoms with E-state index < -0.39 is 0 Å². The van der Waals surface area contributed by atoms with Crippen LogP contribution in [0.2, 0.25) is 0 Å². The van der Waals surface area contributed by atoms with E-state index in [-0.39, 0.29) is 0 Å². The maximum atomic E-state index is 5.08. The summed E-state index contributed by atoms with van der Waals surface area (Å²) in [5.74, 6) is 7.24. The first-order chi connectivity index (χ1) is 32.3. The summed E-state index contributed by atoms with van der Waals surface area (Å²) in [7, 11) is 0. The summed E-state index contributed by atoms with van der Waals surface area (Å²) in [5, 5.41) is 0. The number of para-hydroxylation sites is 2. The molecule has 3 nitrogen and oxygen atoms in total. The number of hydrogen-bond acceptors (Lipinski definition) is 3. The Hall–Kier alpha value is -4.37. The van der Waals surface area contributed by atoms with Crippen molar-refractivity contribution in [2.75, 3.05) is 6.79 Å².